The maximum atomic E-state index is 7.39. The molecular weight excluding hydrogens is 294 g/mol. The van der Waals surface area contributed by atoms with Crippen molar-refractivity contribution in [3.05, 3.63) is 47.0 Å². The molecule has 0 unspecified atom stereocenters. The fraction of sp³-hybridized carbons (Fsp3) is 0.167. The molecule has 0 aromatic heterocycles. The van der Waals surface area contributed by atoms with Crippen LogP contribution in [0.3, 0.4) is 0 Å². The summed E-state index contributed by atoms with van der Waals surface area (Å²) in [4.78, 5) is 5.58. The van der Waals surface area contributed by atoms with E-state index in [1.807, 2.05) is 24.3 Å². The minimum Gasteiger partial charge on any atom is -0.370 e. The molecular formula is C12H16BrN5. The Bertz CT molecular complexity index is 452. The van der Waals surface area contributed by atoms with E-state index in [1.54, 1.807) is 6.08 Å². The quantitative estimate of drug-likeness (QED) is 0.448. The fourth-order valence-corrected chi connectivity index (χ4v) is 1.56. The van der Waals surface area contributed by atoms with E-state index < -0.39 is 0 Å². The number of nitrogens with one attached hydrogen (secondary N) is 1. The van der Waals surface area contributed by atoms with Crippen molar-refractivity contribution in [1.82, 2.24) is 4.90 Å². The molecule has 6 heteroatoms. The van der Waals surface area contributed by atoms with E-state index in [9.17, 15) is 0 Å². The molecule has 5 N–H and O–H groups in total. The molecule has 0 radical (unpaired) electrons. The van der Waals surface area contributed by atoms with E-state index in [0.29, 0.717) is 13.1 Å². The number of aliphatic imine (C=N–C) groups is 1. The number of hydrogen-bond acceptors (Lipinski definition) is 2. The Hall–Kier alpha value is -1.82. The summed E-state index contributed by atoms with van der Waals surface area (Å²) in [5, 5.41) is 7.39. The van der Waals surface area contributed by atoms with E-state index in [4.69, 9.17) is 16.9 Å². The van der Waals surface area contributed by atoms with Gasteiger partial charge in [0, 0.05) is 11.0 Å². The standard InChI is InChI=1S/C12H16BrN5/c1-2-7-18(11(14)15)12(16)17-8-9-3-5-10(13)6-4-9/h2-6H,1,7-8H2,(H3,14,15)(H2,16,17). The third-order valence-electron chi connectivity index (χ3n) is 2.22. The zero-order chi connectivity index (χ0) is 13.5. The van der Waals surface area contributed by atoms with Gasteiger partial charge < -0.3 is 11.5 Å². The molecule has 0 aliphatic heterocycles. The number of guanidine groups is 2. The fourth-order valence-electron chi connectivity index (χ4n) is 1.29. The molecule has 0 aliphatic carbocycles. The summed E-state index contributed by atoms with van der Waals surface area (Å²) in [7, 11) is 0. The lowest BCUT2D eigenvalue weighted by molar-refractivity contribution is 0.652. The highest BCUT2D eigenvalue weighted by molar-refractivity contribution is 9.10. The van der Waals surface area contributed by atoms with E-state index >= 15 is 0 Å². The molecule has 0 amide bonds. The predicted molar refractivity (Wildman–Crippen MR) is 78.3 cm³/mol. The first-order valence-corrected chi connectivity index (χ1v) is 6.10. The minimum atomic E-state index is -0.146. The molecule has 0 spiro atoms. The van der Waals surface area contributed by atoms with Crippen LogP contribution in [0.25, 0.3) is 0 Å². The van der Waals surface area contributed by atoms with Crippen LogP contribution >= 0.6 is 15.9 Å². The average molecular weight is 310 g/mol. The summed E-state index contributed by atoms with van der Waals surface area (Å²) >= 11 is 3.36. The van der Waals surface area contributed by atoms with Crippen LogP contribution in [0.1, 0.15) is 5.56 Å². The van der Waals surface area contributed by atoms with Gasteiger partial charge in [-0.1, -0.05) is 34.1 Å². The molecule has 0 fully saturated rings. The molecule has 0 bridgehead atoms. The smallest absolute Gasteiger partial charge is 0.198 e. The second-order valence-electron chi connectivity index (χ2n) is 3.59. The highest BCUT2D eigenvalue weighted by atomic mass is 79.9. The van der Waals surface area contributed by atoms with Crippen LogP contribution < -0.4 is 11.5 Å². The van der Waals surface area contributed by atoms with Crippen LogP contribution in [0.5, 0.6) is 0 Å². The third-order valence-corrected chi connectivity index (χ3v) is 2.74. The van der Waals surface area contributed by atoms with E-state index in [0.717, 1.165) is 10.0 Å². The molecule has 0 saturated heterocycles. The third kappa shape index (κ3) is 4.21. The number of benzene rings is 1. The Balaban J connectivity index is 2.72. The lowest BCUT2D eigenvalue weighted by atomic mass is 10.2. The molecule has 1 aromatic carbocycles. The summed E-state index contributed by atoms with van der Waals surface area (Å²) in [6.45, 7) is 4.39. The second-order valence-corrected chi connectivity index (χ2v) is 4.50. The van der Waals surface area contributed by atoms with Gasteiger partial charge in [0.1, 0.15) is 0 Å². The first kappa shape index (κ1) is 14.2. The lowest BCUT2D eigenvalue weighted by Crippen LogP contribution is -2.45. The van der Waals surface area contributed by atoms with Crippen molar-refractivity contribution in [1.29, 1.82) is 5.41 Å². The molecule has 18 heavy (non-hydrogen) atoms. The van der Waals surface area contributed by atoms with Crippen molar-refractivity contribution in [2.45, 2.75) is 6.54 Å². The van der Waals surface area contributed by atoms with Gasteiger partial charge in [0.05, 0.1) is 6.54 Å². The average Bonchev–Trinajstić information content (AvgIpc) is 2.34. The Morgan fingerprint density at radius 3 is 2.50 bits per heavy atom. The maximum absolute atomic E-state index is 7.39. The first-order valence-electron chi connectivity index (χ1n) is 5.31. The van der Waals surface area contributed by atoms with E-state index in [1.165, 1.54) is 4.90 Å². The van der Waals surface area contributed by atoms with Crippen LogP contribution in [0.2, 0.25) is 0 Å². The SMILES string of the molecule is C=CCN(C(=N)N)C(N)=NCc1ccc(Br)cc1. The largest absolute Gasteiger partial charge is 0.370 e. The van der Waals surface area contributed by atoms with E-state index in [-0.39, 0.29) is 11.9 Å². The summed E-state index contributed by atoms with van der Waals surface area (Å²) < 4.78 is 1.01. The highest BCUT2D eigenvalue weighted by Crippen LogP contribution is 2.11. The number of nitrogens with two attached hydrogens (primary N) is 2. The molecule has 0 atom stereocenters. The number of hydrogen-bond donors (Lipinski definition) is 3. The summed E-state index contributed by atoms with van der Waals surface area (Å²) in [6, 6.07) is 7.78. The molecule has 1 aromatic rings. The second kappa shape index (κ2) is 6.80. The monoisotopic (exact) mass is 309 g/mol. The van der Waals surface area contributed by atoms with Crippen molar-refractivity contribution in [3.8, 4) is 0 Å². The summed E-state index contributed by atoms with van der Waals surface area (Å²) in [5.41, 5.74) is 12.2. The number of halogens is 1. The van der Waals surface area contributed by atoms with Gasteiger partial charge in [-0.05, 0) is 17.7 Å². The van der Waals surface area contributed by atoms with Gasteiger partial charge in [-0.25, -0.2) is 4.99 Å². The maximum Gasteiger partial charge on any atom is 0.198 e. The summed E-state index contributed by atoms with van der Waals surface area (Å²) in [5.74, 6) is 0.0669. The van der Waals surface area contributed by atoms with Gasteiger partial charge in [0.15, 0.2) is 11.9 Å². The van der Waals surface area contributed by atoms with Gasteiger partial charge in [-0.3, -0.25) is 10.3 Å². The van der Waals surface area contributed by atoms with Gasteiger partial charge in [0.25, 0.3) is 0 Å². The normalized spacial score (nSPS) is 11.1. The van der Waals surface area contributed by atoms with Crippen LogP contribution in [-0.4, -0.2) is 23.4 Å². The zero-order valence-electron chi connectivity index (χ0n) is 9.94. The van der Waals surface area contributed by atoms with Crippen molar-refractivity contribution in [2.24, 2.45) is 16.5 Å². The van der Waals surface area contributed by atoms with Gasteiger partial charge in [-0.2, -0.15) is 0 Å². The molecule has 0 heterocycles. The molecule has 0 saturated carbocycles. The molecule has 1 rings (SSSR count). The zero-order valence-corrected chi connectivity index (χ0v) is 11.5. The topological polar surface area (TPSA) is 91.5 Å². The lowest BCUT2D eigenvalue weighted by Gasteiger charge is -2.19. The van der Waals surface area contributed by atoms with Crippen LogP contribution in [0.4, 0.5) is 0 Å². The van der Waals surface area contributed by atoms with Gasteiger partial charge in [0.2, 0.25) is 0 Å². The minimum absolute atomic E-state index is 0.146. The molecule has 96 valence electrons. The number of rotatable bonds is 4. The van der Waals surface area contributed by atoms with Crippen molar-refractivity contribution < 1.29 is 0 Å². The van der Waals surface area contributed by atoms with Crippen LogP contribution in [0.15, 0.2) is 46.4 Å². The highest BCUT2D eigenvalue weighted by Gasteiger charge is 2.08. The van der Waals surface area contributed by atoms with Gasteiger partial charge >= 0.3 is 0 Å². The Labute approximate surface area is 115 Å². The predicted octanol–water partition coefficient (Wildman–Crippen LogP) is 1.65. The Morgan fingerprint density at radius 2 is 2.00 bits per heavy atom. The Kier molecular flexibility index (Phi) is 5.38. The van der Waals surface area contributed by atoms with E-state index in [2.05, 4.69) is 27.5 Å². The van der Waals surface area contributed by atoms with Crippen LogP contribution in [-0.2, 0) is 6.54 Å². The first-order chi connectivity index (χ1) is 8.54. The van der Waals surface area contributed by atoms with Gasteiger partial charge in [-0.15, -0.1) is 6.58 Å². The Morgan fingerprint density at radius 1 is 1.39 bits per heavy atom. The van der Waals surface area contributed by atoms with Crippen LogP contribution in [0, 0.1) is 5.41 Å². The van der Waals surface area contributed by atoms with Crippen molar-refractivity contribution in [3.63, 3.8) is 0 Å². The molecule has 0 aliphatic rings. The molecule has 5 nitrogen and oxygen atoms in total. The van der Waals surface area contributed by atoms with Crippen molar-refractivity contribution >= 4 is 27.8 Å². The summed E-state index contributed by atoms with van der Waals surface area (Å²) in [6.07, 6.45) is 1.61. The number of nitrogens with zero attached hydrogens (tertiary/aromatic N) is 2. The van der Waals surface area contributed by atoms with Crippen molar-refractivity contribution in [2.75, 3.05) is 6.54 Å².